The van der Waals surface area contributed by atoms with Crippen LogP contribution in [0.3, 0.4) is 0 Å². The van der Waals surface area contributed by atoms with Crippen molar-refractivity contribution in [3.05, 3.63) is 28.2 Å². The van der Waals surface area contributed by atoms with Gasteiger partial charge in [-0.3, -0.25) is 4.79 Å². The van der Waals surface area contributed by atoms with Crippen molar-refractivity contribution < 1.29 is 9.53 Å². The Balaban J connectivity index is 2.10. The van der Waals surface area contributed by atoms with Gasteiger partial charge in [0.2, 0.25) is 0 Å². The molecule has 3 heteroatoms. The lowest BCUT2D eigenvalue weighted by atomic mass is 9.85. The van der Waals surface area contributed by atoms with Gasteiger partial charge in [-0.15, -0.1) is 0 Å². The molecule has 0 heterocycles. The fourth-order valence-corrected chi connectivity index (χ4v) is 3.46. The molecule has 0 radical (unpaired) electrons. The monoisotopic (exact) mass is 324 g/mol. The van der Waals surface area contributed by atoms with Gasteiger partial charge in [0, 0.05) is 10.0 Å². The molecule has 2 rings (SSSR count). The summed E-state index contributed by atoms with van der Waals surface area (Å²) in [7, 11) is 0. The fraction of sp³-hybridized carbons (Fsp3) is 0.562. The minimum atomic E-state index is 0.0718. The Hall–Kier alpha value is -0.830. The molecule has 0 saturated heterocycles. The third kappa shape index (κ3) is 3.59. The Kier molecular flexibility index (Phi) is 5.03. The first kappa shape index (κ1) is 14.6. The highest BCUT2D eigenvalue weighted by atomic mass is 79.9. The van der Waals surface area contributed by atoms with Crippen molar-refractivity contribution in [3.63, 3.8) is 0 Å². The number of carbonyl (C=O) groups is 1. The highest BCUT2D eigenvalue weighted by molar-refractivity contribution is 9.10. The van der Waals surface area contributed by atoms with Gasteiger partial charge in [0.15, 0.2) is 5.78 Å². The minimum Gasteiger partial charge on any atom is -0.490 e. The summed E-state index contributed by atoms with van der Waals surface area (Å²) < 4.78 is 6.95. The molecule has 1 aromatic rings. The fourth-order valence-electron chi connectivity index (χ4n) is 2.83. The minimum absolute atomic E-state index is 0.0718. The van der Waals surface area contributed by atoms with Crippen LogP contribution in [0.5, 0.6) is 5.75 Å². The second-order valence-electron chi connectivity index (χ2n) is 5.31. The summed E-state index contributed by atoms with van der Waals surface area (Å²) in [5, 5.41) is 0. The van der Waals surface area contributed by atoms with Gasteiger partial charge in [0.1, 0.15) is 11.9 Å². The van der Waals surface area contributed by atoms with Crippen molar-refractivity contribution in [2.45, 2.75) is 52.1 Å². The molecule has 1 aliphatic carbocycles. The molecule has 1 saturated carbocycles. The Morgan fingerprint density at radius 2 is 2.11 bits per heavy atom. The predicted molar refractivity (Wildman–Crippen MR) is 80.8 cm³/mol. The van der Waals surface area contributed by atoms with Gasteiger partial charge in [0.25, 0.3) is 0 Å². The van der Waals surface area contributed by atoms with Crippen LogP contribution in [0, 0.1) is 5.92 Å². The number of halogens is 1. The van der Waals surface area contributed by atoms with Crippen molar-refractivity contribution >= 4 is 21.7 Å². The Morgan fingerprint density at radius 1 is 1.37 bits per heavy atom. The third-order valence-electron chi connectivity index (χ3n) is 3.97. The Bertz CT molecular complexity index is 456. The number of carbonyl (C=O) groups excluding carboxylic acids is 1. The third-order valence-corrected chi connectivity index (χ3v) is 4.63. The summed E-state index contributed by atoms with van der Waals surface area (Å²) in [5.41, 5.74) is 0.711. The quantitative estimate of drug-likeness (QED) is 0.728. The van der Waals surface area contributed by atoms with E-state index in [0.717, 1.165) is 16.6 Å². The van der Waals surface area contributed by atoms with Gasteiger partial charge in [-0.05, 0) is 72.7 Å². The van der Waals surface area contributed by atoms with Crippen LogP contribution in [0.4, 0.5) is 0 Å². The summed E-state index contributed by atoms with van der Waals surface area (Å²) in [6.45, 7) is 3.82. The van der Waals surface area contributed by atoms with Crippen LogP contribution in [0.25, 0.3) is 0 Å². The van der Waals surface area contributed by atoms with Crippen molar-refractivity contribution in [1.82, 2.24) is 0 Å². The Morgan fingerprint density at radius 3 is 2.74 bits per heavy atom. The van der Waals surface area contributed by atoms with E-state index in [2.05, 4.69) is 22.9 Å². The summed E-state index contributed by atoms with van der Waals surface area (Å²) in [6.07, 6.45) is 6.50. The van der Waals surface area contributed by atoms with Gasteiger partial charge in [-0.1, -0.05) is 13.3 Å². The summed E-state index contributed by atoms with van der Waals surface area (Å²) in [4.78, 5) is 11.4. The van der Waals surface area contributed by atoms with Crippen LogP contribution in [-0.2, 0) is 0 Å². The average molecular weight is 325 g/mol. The summed E-state index contributed by atoms with van der Waals surface area (Å²) >= 11 is 3.44. The molecule has 0 amide bonds. The number of ether oxygens (including phenoxy) is 1. The molecule has 2 atom stereocenters. The largest absolute Gasteiger partial charge is 0.490 e. The van der Waals surface area contributed by atoms with Crippen molar-refractivity contribution in [3.8, 4) is 5.75 Å². The first-order valence-electron chi connectivity index (χ1n) is 7.09. The zero-order chi connectivity index (χ0) is 13.8. The van der Waals surface area contributed by atoms with Crippen LogP contribution in [0.2, 0.25) is 0 Å². The highest BCUT2D eigenvalue weighted by Crippen LogP contribution is 2.32. The van der Waals surface area contributed by atoms with E-state index in [1.54, 1.807) is 6.92 Å². The average Bonchev–Trinajstić information content (AvgIpc) is 2.39. The van der Waals surface area contributed by atoms with E-state index in [-0.39, 0.29) is 5.78 Å². The lowest BCUT2D eigenvalue weighted by molar-refractivity contribution is 0.0902. The number of ketones is 1. The number of rotatable bonds is 4. The number of hydrogen-bond acceptors (Lipinski definition) is 2. The van der Waals surface area contributed by atoms with E-state index in [1.165, 1.54) is 25.7 Å². The van der Waals surface area contributed by atoms with Crippen LogP contribution in [0.15, 0.2) is 22.7 Å². The lowest BCUT2D eigenvalue weighted by Gasteiger charge is -2.31. The van der Waals surface area contributed by atoms with Crippen molar-refractivity contribution in [2.75, 3.05) is 0 Å². The number of Topliss-reactive ketones (excluding diaryl/α,β-unsaturated/α-hetero) is 1. The maximum atomic E-state index is 11.4. The van der Waals surface area contributed by atoms with E-state index in [9.17, 15) is 4.79 Å². The maximum Gasteiger partial charge on any atom is 0.160 e. The molecular formula is C16H21BrO2. The second-order valence-corrected chi connectivity index (χ2v) is 6.16. The zero-order valence-corrected chi connectivity index (χ0v) is 13.2. The SMILES string of the molecule is CCC1CCCCC1Oc1ccc(C(C)=O)c(Br)c1. The molecule has 1 aliphatic rings. The molecule has 2 nitrogen and oxygen atoms in total. The van der Waals surface area contributed by atoms with Crippen molar-refractivity contribution in [1.29, 1.82) is 0 Å². The van der Waals surface area contributed by atoms with E-state index in [4.69, 9.17) is 4.74 Å². The lowest BCUT2D eigenvalue weighted by Crippen LogP contribution is -2.29. The maximum absolute atomic E-state index is 11.4. The van der Waals surface area contributed by atoms with E-state index in [0.29, 0.717) is 17.6 Å². The molecular weight excluding hydrogens is 304 g/mol. The highest BCUT2D eigenvalue weighted by Gasteiger charge is 2.25. The second kappa shape index (κ2) is 6.56. The molecule has 19 heavy (non-hydrogen) atoms. The first-order valence-corrected chi connectivity index (χ1v) is 7.88. The molecule has 2 unspecified atom stereocenters. The Labute approximate surface area is 123 Å². The molecule has 0 aliphatic heterocycles. The number of hydrogen-bond donors (Lipinski definition) is 0. The number of benzene rings is 1. The molecule has 1 aromatic carbocycles. The van der Waals surface area contributed by atoms with Crippen LogP contribution < -0.4 is 4.74 Å². The van der Waals surface area contributed by atoms with E-state index >= 15 is 0 Å². The molecule has 104 valence electrons. The van der Waals surface area contributed by atoms with Crippen LogP contribution >= 0.6 is 15.9 Å². The van der Waals surface area contributed by atoms with Gasteiger partial charge >= 0.3 is 0 Å². The normalized spacial score (nSPS) is 23.1. The predicted octanol–water partition coefficient (Wildman–Crippen LogP) is 5.00. The smallest absolute Gasteiger partial charge is 0.160 e. The molecule has 0 N–H and O–H groups in total. The zero-order valence-electron chi connectivity index (χ0n) is 11.6. The van der Waals surface area contributed by atoms with Gasteiger partial charge in [-0.2, -0.15) is 0 Å². The van der Waals surface area contributed by atoms with E-state index < -0.39 is 0 Å². The standard InChI is InChI=1S/C16H21BrO2/c1-3-12-6-4-5-7-16(12)19-13-8-9-14(11(2)18)15(17)10-13/h8-10,12,16H,3-7H2,1-2H3. The first-order chi connectivity index (χ1) is 9.11. The van der Waals surface area contributed by atoms with Crippen molar-refractivity contribution in [2.24, 2.45) is 5.92 Å². The van der Waals surface area contributed by atoms with Gasteiger partial charge in [-0.25, -0.2) is 0 Å². The van der Waals surface area contributed by atoms with Crippen LogP contribution in [-0.4, -0.2) is 11.9 Å². The van der Waals surface area contributed by atoms with Gasteiger partial charge < -0.3 is 4.74 Å². The molecule has 0 aromatic heterocycles. The topological polar surface area (TPSA) is 26.3 Å². The molecule has 1 fully saturated rings. The molecule has 0 bridgehead atoms. The molecule has 0 spiro atoms. The van der Waals surface area contributed by atoms with Gasteiger partial charge in [0.05, 0.1) is 0 Å². The summed E-state index contributed by atoms with van der Waals surface area (Å²) in [6, 6.07) is 5.66. The summed E-state index contributed by atoms with van der Waals surface area (Å²) in [5.74, 6) is 1.60. The van der Waals surface area contributed by atoms with Crippen LogP contribution in [0.1, 0.15) is 56.3 Å². The van der Waals surface area contributed by atoms with E-state index in [1.807, 2.05) is 18.2 Å².